The topological polar surface area (TPSA) is 57.5 Å². The maximum absolute atomic E-state index is 12.4. The molecule has 0 aromatic heterocycles. The van der Waals surface area contributed by atoms with Gasteiger partial charge in [0.05, 0.1) is 0 Å². The van der Waals surface area contributed by atoms with Crippen LogP contribution in [0.1, 0.15) is 0 Å². The first-order valence-corrected chi connectivity index (χ1v) is 3.81. The summed E-state index contributed by atoms with van der Waals surface area (Å²) in [6, 6.07) is 2.84. The summed E-state index contributed by atoms with van der Waals surface area (Å²) in [5.41, 5.74) is 0. The highest BCUT2D eigenvalue weighted by atomic mass is 32.2. The number of phenols is 1. The van der Waals surface area contributed by atoms with Crippen LogP contribution in [0.4, 0.5) is 4.39 Å². The van der Waals surface area contributed by atoms with Crippen LogP contribution in [0, 0.1) is 5.82 Å². The largest absolute Gasteiger partial charge is 0.507 e. The SMILES string of the molecule is O=S(O)c1cc(F)ccc1O. The van der Waals surface area contributed by atoms with Crippen molar-refractivity contribution in [3.63, 3.8) is 0 Å². The van der Waals surface area contributed by atoms with Gasteiger partial charge in [0.2, 0.25) is 0 Å². The van der Waals surface area contributed by atoms with Crippen molar-refractivity contribution in [3.8, 4) is 5.75 Å². The number of rotatable bonds is 1. The molecule has 0 saturated carbocycles. The molecular formula is C6H5FO3S. The van der Waals surface area contributed by atoms with Gasteiger partial charge in [0.1, 0.15) is 16.5 Å². The van der Waals surface area contributed by atoms with Crippen LogP contribution in [-0.2, 0) is 11.1 Å². The van der Waals surface area contributed by atoms with E-state index >= 15 is 0 Å². The van der Waals surface area contributed by atoms with Crippen molar-refractivity contribution >= 4 is 11.1 Å². The Morgan fingerprint density at radius 2 is 2.09 bits per heavy atom. The molecule has 0 bridgehead atoms. The fourth-order valence-corrected chi connectivity index (χ4v) is 1.09. The normalized spacial score (nSPS) is 12.9. The predicted molar refractivity (Wildman–Crippen MR) is 37.1 cm³/mol. The molecule has 0 saturated heterocycles. The molecule has 1 atom stereocenters. The summed E-state index contributed by atoms with van der Waals surface area (Å²) in [7, 11) is 0. The van der Waals surface area contributed by atoms with Gasteiger partial charge in [0, 0.05) is 0 Å². The Labute approximate surface area is 64.8 Å². The monoisotopic (exact) mass is 176 g/mol. The molecule has 3 nitrogen and oxygen atoms in total. The van der Waals surface area contributed by atoms with Gasteiger partial charge < -0.3 is 9.66 Å². The molecule has 5 heteroatoms. The standard InChI is InChI=1S/C6H5FO3S/c7-4-1-2-5(8)6(3-4)11(9)10/h1-3,8H,(H,9,10). The minimum Gasteiger partial charge on any atom is -0.507 e. The summed E-state index contributed by atoms with van der Waals surface area (Å²) in [5, 5.41) is 8.89. The van der Waals surface area contributed by atoms with Crippen molar-refractivity contribution in [1.29, 1.82) is 0 Å². The van der Waals surface area contributed by atoms with Gasteiger partial charge in [0.25, 0.3) is 0 Å². The summed E-state index contributed by atoms with van der Waals surface area (Å²) < 4.78 is 31.2. The summed E-state index contributed by atoms with van der Waals surface area (Å²) in [5.74, 6) is -1.03. The Balaban J connectivity index is 3.23. The van der Waals surface area contributed by atoms with Crippen LogP contribution in [0.25, 0.3) is 0 Å². The van der Waals surface area contributed by atoms with Gasteiger partial charge >= 0.3 is 0 Å². The zero-order chi connectivity index (χ0) is 8.43. The lowest BCUT2D eigenvalue weighted by Gasteiger charge is -1.97. The Morgan fingerprint density at radius 1 is 1.45 bits per heavy atom. The zero-order valence-corrected chi connectivity index (χ0v) is 6.14. The van der Waals surface area contributed by atoms with E-state index in [2.05, 4.69) is 0 Å². The molecule has 1 aromatic rings. The summed E-state index contributed by atoms with van der Waals surface area (Å²) in [4.78, 5) is -0.315. The van der Waals surface area contributed by atoms with Crippen molar-refractivity contribution < 1.29 is 18.3 Å². The van der Waals surface area contributed by atoms with Crippen LogP contribution < -0.4 is 0 Å². The average Bonchev–Trinajstić information content (AvgIpc) is 1.94. The lowest BCUT2D eigenvalue weighted by molar-refractivity contribution is 0.453. The molecular weight excluding hydrogens is 171 g/mol. The highest BCUT2D eigenvalue weighted by Gasteiger charge is 2.07. The first-order chi connectivity index (χ1) is 5.11. The molecule has 0 aliphatic rings. The van der Waals surface area contributed by atoms with Crippen molar-refractivity contribution in [2.24, 2.45) is 0 Å². The lowest BCUT2D eigenvalue weighted by atomic mass is 10.3. The van der Waals surface area contributed by atoms with E-state index in [-0.39, 0.29) is 10.6 Å². The summed E-state index contributed by atoms with van der Waals surface area (Å²) in [6.07, 6.45) is 0. The summed E-state index contributed by atoms with van der Waals surface area (Å²) in [6.45, 7) is 0. The van der Waals surface area contributed by atoms with E-state index in [4.69, 9.17) is 9.66 Å². The van der Waals surface area contributed by atoms with Gasteiger partial charge in [-0.25, -0.2) is 8.60 Å². The van der Waals surface area contributed by atoms with Crippen molar-refractivity contribution in [2.45, 2.75) is 4.90 Å². The molecule has 0 aliphatic carbocycles. The molecule has 1 rings (SSSR count). The number of halogens is 1. The third kappa shape index (κ3) is 1.75. The molecule has 0 fully saturated rings. The smallest absolute Gasteiger partial charge is 0.190 e. The Bertz CT molecular complexity index is 300. The van der Waals surface area contributed by atoms with Crippen LogP contribution in [0.15, 0.2) is 23.1 Å². The zero-order valence-electron chi connectivity index (χ0n) is 5.32. The van der Waals surface area contributed by atoms with Gasteiger partial charge in [-0.3, -0.25) is 0 Å². The number of aromatic hydroxyl groups is 1. The second-order valence-corrected chi connectivity index (χ2v) is 2.80. The van der Waals surface area contributed by atoms with E-state index in [9.17, 15) is 8.60 Å². The minimum atomic E-state index is -2.34. The van der Waals surface area contributed by atoms with Gasteiger partial charge in [-0.05, 0) is 18.2 Å². The summed E-state index contributed by atoms with van der Waals surface area (Å²) >= 11 is -2.34. The van der Waals surface area contributed by atoms with Crippen LogP contribution in [0.2, 0.25) is 0 Å². The van der Waals surface area contributed by atoms with Crippen LogP contribution in [-0.4, -0.2) is 13.9 Å². The Morgan fingerprint density at radius 3 is 2.55 bits per heavy atom. The van der Waals surface area contributed by atoms with Crippen molar-refractivity contribution in [3.05, 3.63) is 24.0 Å². The van der Waals surface area contributed by atoms with Crippen LogP contribution >= 0.6 is 0 Å². The van der Waals surface area contributed by atoms with E-state index < -0.39 is 16.9 Å². The molecule has 1 aromatic carbocycles. The van der Waals surface area contributed by atoms with Crippen molar-refractivity contribution in [1.82, 2.24) is 0 Å². The molecule has 0 aliphatic heterocycles. The average molecular weight is 176 g/mol. The number of phenolic OH excluding ortho intramolecular Hbond substituents is 1. The Hall–Kier alpha value is -0.940. The molecule has 0 radical (unpaired) electrons. The van der Waals surface area contributed by atoms with E-state index in [0.717, 1.165) is 18.2 Å². The highest BCUT2D eigenvalue weighted by molar-refractivity contribution is 7.79. The first kappa shape index (κ1) is 8.16. The van der Waals surface area contributed by atoms with Crippen LogP contribution in [0.3, 0.4) is 0 Å². The maximum atomic E-state index is 12.4. The number of benzene rings is 1. The van der Waals surface area contributed by atoms with E-state index in [0.29, 0.717) is 0 Å². The predicted octanol–water partition coefficient (Wildman–Crippen LogP) is 1.11. The van der Waals surface area contributed by atoms with Crippen molar-refractivity contribution in [2.75, 3.05) is 0 Å². The molecule has 11 heavy (non-hydrogen) atoms. The van der Waals surface area contributed by atoms with Gasteiger partial charge in [-0.15, -0.1) is 0 Å². The molecule has 0 heterocycles. The quantitative estimate of drug-likeness (QED) is 0.630. The lowest BCUT2D eigenvalue weighted by Crippen LogP contribution is -1.89. The second-order valence-electron chi connectivity index (χ2n) is 1.86. The number of hydrogen-bond donors (Lipinski definition) is 2. The molecule has 0 amide bonds. The highest BCUT2D eigenvalue weighted by Crippen LogP contribution is 2.20. The minimum absolute atomic E-state index is 0.315. The second kappa shape index (κ2) is 2.98. The molecule has 1 unspecified atom stereocenters. The molecule has 60 valence electrons. The maximum Gasteiger partial charge on any atom is 0.190 e. The number of hydrogen-bond acceptors (Lipinski definition) is 2. The fourth-order valence-electron chi connectivity index (χ4n) is 0.628. The first-order valence-electron chi connectivity index (χ1n) is 2.70. The third-order valence-electron chi connectivity index (χ3n) is 1.11. The molecule has 0 spiro atoms. The molecule has 2 N–H and O–H groups in total. The van der Waals surface area contributed by atoms with Gasteiger partial charge in [-0.2, -0.15) is 0 Å². The van der Waals surface area contributed by atoms with Crippen LogP contribution in [0.5, 0.6) is 5.75 Å². The van der Waals surface area contributed by atoms with Gasteiger partial charge in [-0.1, -0.05) is 0 Å². The Kier molecular flexibility index (Phi) is 2.21. The van der Waals surface area contributed by atoms with E-state index in [1.54, 1.807) is 0 Å². The van der Waals surface area contributed by atoms with Gasteiger partial charge in [0.15, 0.2) is 11.1 Å². The fraction of sp³-hybridized carbons (Fsp3) is 0. The van der Waals surface area contributed by atoms with E-state index in [1.165, 1.54) is 0 Å². The third-order valence-corrected chi connectivity index (χ3v) is 1.81. The van der Waals surface area contributed by atoms with E-state index in [1.807, 2.05) is 0 Å².